The second kappa shape index (κ2) is 2.69. The van der Waals surface area contributed by atoms with Crippen molar-refractivity contribution in [1.82, 2.24) is 4.98 Å². The maximum absolute atomic E-state index is 5.88. The van der Waals surface area contributed by atoms with Crippen LogP contribution in [0.2, 0.25) is 0 Å². The molecule has 70 valence electrons. The van der Waals surface area contributed by atoms with E-state index in [4.69, 9.17) is 10.5 Å². The van der Waals surface area contributed by atoms with Gasteiger partial charge in [0, 0.05) is 17.1 Å². The van der Waals surface area contributed by atoms with Gasteiger partial charge in [-0.15, -0.1) is 0 Å². The number of fused-ring (bicyclic) bond motifs is 3. The van der Waals surface area contributed by atoms with Crippen LogP contribution < -0.4 is 10.5 Å². The zero-order valence-corrected chi connectivity index (χ0v) is 7.60. The van der Waals surface area contributed by atoms with Crippen molar-refractivity contribution in [3.05, 3.63) is 36.0 Å². The van der Waals surface area contributed by atoms with E-state index in [-0.39, 0.29) is 6.04 Å². The molecule has 0 fully saturated rings. The van der Waals surface area contributed by atoms with Gasteiger partial charge in [-0.3, -0.25) is 4.98 Å². The lowest BCUT2D eigenvalue weighted by Crippen LogP contribution is -2.10. The maximum atomic E-state index is 5.88. The molecule has 0 spiro atoms. The van der Waals surface area contributed by atoms with Crippen LogP contribution in [0.25, 0.3) is 10.9 Å². The lowest BCUT2D eigenvalue weighted by atomic mass is 10.1. The molecule has 2 aromatic rings. The van der Waals surface area contributed by atoms with E-state index in [1.54, 1.807) is 6.20 Å². The minimum atomic E-state index is -0.00333. The fraction of sp³-hybridized carbons (Fsp3) is 0.182. The lowest BCUT2D eigenvalue weighted by Gasteiger charge is -2.03. The highest BCUT2D eigenvalue weighted by atomic mass is 16.5. The van der Waals surface area contributed by atoms with Crippen LogP contribution in [0.1, 0.15) is 11.6 Å². The minimum absolute atomic E-state index is 0.00333. The third kappa shape index (κ3) is 0.930. The molecule has 3 nitrogen and oxygen atoms in total. The van der Waals surface area contributed by atoms with Gasteiger partial charge in [0.1, 0.15) is 12.1 Å². The molecular weight excluding hydrogens is 176 g/mol. The molecule has 1 aromatic heterocycles. The van der Waals surface area contributed by atoms with E-state index >= 15 is 0 Å². The molecule has 14 heavy (non-hydrogen) atoms. The Morgan fingerprint density at radius 1 is 1.36 bits per heavy atom. The second-order valence-corrected chi connectivity index (χ2v) is 3.48. The molecule has 2 N–H and O–H groups in total. The highest BCUT2D eigenvalue weighted by molar-refractivity contribution is 5.86. The number of nitrogens with two attached hydrogens (primary N) is 1. The molecule has 1 atom stereocenters. The summed E-state index contributed by atoms with van der Waals surface area (Å²) in [6.07, 6.45) is 1.77. The van der Waals surface area contributed by atoms with Crippen LogP contribution in [0.3, 0.4) is 0 Å². The number of pyridine rings is 1. The largest absolute Gasteiger partial charge is 0.489 e. The Hall–Kier alpha value is -1.61. The smallest absolute Gasteiger partial charge is 0.150 e. The van der Waals surface area contributed by atoms with Crippen LogP contribution in [0.5, 0.6) is 5.75 Å². The predicted molar refractivity (Wildman–Crippen MR) is 54.2 cm³/mol. The molecular formula is C11H10N2O. The Morgan fingerprint density at radius 2 is 2.29 bits per heavy atom. The standard InChI is InChI=1S/C11H10N2O/c12-9-6-14-11-8(9)4-3-7-2-1-5-13-10(7)11/h1-5,9H,6,12H2. The Morgan fingerprint density at radius 3 is 3.21 bits per heavy atom. The average molecular weight is 186 g/mol. The van der Waals surface area contributed by atoms with Crippen molar-refractivity contribution in [2.24, 2.45) is 5.73 Å². The summed E-state index contributed by atoms with van der Waals surface area (Å²) in [5.74, 6) is 0.857. The van der Waals surface area contributed by atoms with Crippen molar-refractivity contribution in [1.29, 1.82) is 0 Å². The first-order chi connectivity index (χ1) is 6.86. The molecule has 0 radical (unpaired) electrons. The van der Waals surface area contributed by atoms with Crippen molar-refractivity contribution in [3.63, 3.8) is 0 Å². The van der Waals surface area contributed by atoms with Crippen molar-refractivity contribution in [2.75, 3.05) is 6.61 Å². The normalized spacial score (nSPS) is 19.4. The number of benzene rings is 1. The first-order valence-corrected chi connectivity index (χ1v) is 4.62. The van der Waals surface area contributed by atoms with Crippen molar-refractivity contribution >= 4 is 10.9 Å². The number of aromatic nitrogens is 1. The number of rotatable bonds is 0. The fourth-order valence-corrected chi connectivity index (χ4v) is 1.84. The van der Waals surface area contributed by atoms with E-state index < -0.39 is 0 Å². The Balaban J connectivity index is 2.38. The molecule has 1 unspecified atom stereocenters. The van der Waals surface area contributed by atoms with Crippen molar-refractivity contribution in [2.45, 2.75) is 6.04 Å². The number of hydrogen-bond acceptors (Lipinski definition) is 3. The summed E-state index contributed by atoms with van der Waals surface area (Å²) in [5, 5.41) is 1.10. The monoisotopic (exact) mass is 186 g/mol. The average Bonchev–Trinajstić information content (AvgIpc) is 2.61. The SMILES string of the molecule is NC1COc2c1ccc1cccnc21. The van der Waals surface area contributed by atoms with Crippen LogP contribution in [-0.4, -0.2) is 11.6 Å². The van der Waals surface area contributed by atoms with E-state index in [0.717, 1.165) is 22.2 Å². The summed E-state index contributed by atoms with van der Waals surface area (Å²) in [6.45, 7) is 0.561. The van der Waals surface area contributed by atoms with Gasteiger partial charge in [0.2, 0.25) is 0 Å². The molecule has 0 saturated carbocycles. The van der Waals surface area contributed by atoms with Crippen molar-refractivity contribution < 1.29 is 4.74 Å². The summed E-state index contributed by atoms with van der Waals surface area (Å²) in [4.78, 5) is 4.31. The molecule has 0 bridgehead atoms. The highest BCUT2D eigenvalue weighted by Gasteiger charge is 2.22. The minimum Gasteiger partial charge on any atom is -0.489 e. The molecule has 1 aliphatic heterocycles. The van der Waals surface area contributed by atoms with Crippen LogP contribution in [0.15, 0.2) is 30.5 Å². The second-order valence-electron chi connectivity index (χ2n) is 3.48. The van der Waals surface area contributed by atoms with Gasteiger partial charge in [0.15, 0.2) is 5.75 Å². The van der Waals surface area contributed by atoms with Gasteiger partial charge in [0.25, 0.3) is 0 Å². The first-order valence-electron chi connectivity index (χ1n) is 4.62. The van der Waals surface area contributed by atoms with Crippen LogP contribution in [0.4, 0.5) is 0 Å². The van der Waals surface area contributed by atoms with Crippen LogP contribution in [-0.2, 0) is 0 Å². The van der Waals surface area contributed by atoms with Gasteiger partial charge in [-0.1, -0.05) is 18.2 Å². The Labute approximate surface area is 81.5 Å². The van der Waals surface area contributed by atoms with Crippen LogP contribution in [0, 0.1) is 0 Å². The zero-order valence-electron chi connectivity index (χ0n) is 7.60. The number of ether oxygens (including phenoxy) is 1. The van der Waals surface area contributed by atoms with Crippen LogP contribution >= 0.6 is 0 Å². The van der Waals surface area contributed by atoms with Gasteiger partial charge in [-0.05, 0) is 6.07 Å². The first kappa shape index (κ1) is 7.76. The van der Waals surface area contributed by atoms with E-state index in [0.29, 0.717) is 6.61 Å². The quantitative estimate of drug-likeness (QED) is 0.680. The maximum Gasteiger partial charge on any atom is 0.150 e. The molecule has 0 saturated heterocycles. The molecule has 0 amide bonds. The van der Waals surface area contributed by atoms with Crippen molar-refractivity contribution in [3.8, 4) is 5.75 Å². The fourth-order valence-electron chi connectivity index (χ4n) is 1.84. The Kier molecular flexibility index (Phi) is 1.49. The summed E-state index contributed by atoms with van der Waals surface area (Å²) >= 11 is 0. The molecule has 3 rings (SSSR count). The molecule has 1 aromatic carbocycles. The van der Waals surface area contributed by atoms with Gasteiger partial charge in [-0.25, -0.2) is 0 Å². The molecule has 1 aliphatic rings. The molecule has 0 aliphatic carbocycles. The summed E-state index contributed by atoms with van der Waals surface area (Å²) in [7, 11) is 0. The molecule has 3 heteroatoms. The van der Waals surface area contributed by atoms with Gasteiger partial charge < -0.3 is 10.5 Å². The lowest BCUT2D eigenvalue weighted by molar-refractivity contribution is 0.336. The molecule has 2 heterocycles. The van der Waals surface area contributed by atoms with E-state index in [2.05, 4.69) is 4.98 Å². The summed E-state index contributed by atoms with van der Waals surface area (Å²) in [6, 6.07) is 8.00. The summed E-state index contributed by atoms with van der Waals surface area (Å²) in [5.41, 5.74) is 7.87. The topological polar surface area (TPSA) is 48.1 Å². The third-order valence-corrected chi connectivity index (χ3v) is 2.57. The number of hydrogen-bond donors (Lipinski definition) is 1. The van der Waals surface area contributed by atoms with Gasteiger partial charge in [0.05, 0.1) is 6.04 Å². The van der Waals surface area contributed by atoms with E-state index in [1.165, 1.54) is 0 Å². The summed E-state index contributed by atoms with van der Waals surface area (Å²) < 4.78 is 5.54. The highest BCUT2D eigenvalue weighted by Crippen LogP contribution is 2.36. The van der Waals surface area contributed by atoms with E-state index in [9.17, 15) is 0 Å². The van der Waals surface area contributed by atoms with Gasteiger partial charge in [-0.2, -0.15) is 0 Å². The third-order valence-electron chi connectivity index (χ3n) is 2.57. The zero-order chi connectivity index (χ0) is 9.54. The number of nitrogens with zero attached hydrogens (tertiary/aromatic N) is 1. The van der Waals surface area contributed by atoms with Gasteiger partial charge >= 0.3 is 0 Å². The predicted octanol–water partition coefficient (Wildman–Crippen LogP) is 1.63. The van der Waals surface area contributed by atoms with E-state index in [1.807, 2.05) is 24.3 Å². The Bertz CT molecular complexity index is 496.